The van der Waals surface area contributed by atoms with E-state index >= 15 is 0 Å². The summed E-state index contributed by atoms with van der Waals surface area (Å²) in [6, 6.07) is 17.2. The van der Waals surface area contributed by atoms with Gasteiger partial charge in [-0.2, -0.15) is 0 Å². The molecule has 6 nitrogen and oxygen atoms in total. The number of carbonyl (C=O) groups excluding carboxylic acids is 2. The first-order chi connectivity index (χ1) is 15.1. The van der Waals surface area contributed by atoms with Crippen molar-refractivity contribution >= 4 is 39.9 Å². The second-order valence-electron chi connectivity index (χ2n) is 7.25. The molecule has 2 heterocycles. The Morgan fingerprint density at radius 2 is 1.81 bits per heavy atom. The lowest BCUT2D eigenvalue weighted by Gasteiger charge is -2.32. The number of hydrogen-bond acceptors (Lipinski definition) is 5. The fourth-order valence-corrected chi connectivity index (χ4v) is 4.44. The minimum atomic E-state index is -0.353. The molecular weight excluding hydrogens is 434 g/mol. The standard InChI is InChI=1S/C23H22ClN3O3S/c24-18-8-4-5-9-19(18)30-17-10-12-27(13-11-17)22(29)14-21(28)26-23-25-15-20(31-23)16-6-2-1-3-7-16/h1-9,15,17H,10-14H2,(H,25,26,28). The van der Waals surface area contributed by atoms with Crippen LogP contribution in [0.25, 0.3) is 10.4 Å². The highest BCUT2D eigenvalue weighted by Crippen LogP contribution is 2.29. The van der Waals surface area contributed by atoms with E-state index in [1.807, 2.05) is 48.5 Å². The maximum absolute atomic E-state index is 12.5. The molecule has 1 fully saturated rings. The zero-order valence-corrected chi connectivity index (χ0v) is 18.4. The third-order valence-corrected chi connectivity index (χ3v) is 6.32. The van der Waals surface area contributed by atoms with Gasteiger partial charge in [0.2, 0.25) is 11.8 Å². The summed E-state index contributed by atoms with van der Waals surface area (Å²) < 4.78 is 5.96. The molecule has 1 aliphatic rings. The smallest absolute Gasteiger partial charge is 0.235 e. The van der Waals surface area contributed by atoms with Gasteiger partial charge in [0, 0.05) is 32.1 Å². The number of ether oxygens (including phenoxy) is 1. The highest BCUT2D eigenvalue weighted by molar-refractivity contribution is 7.19. The van der Waals surface area contributed by atoms with E-state index in [0.29, 0.717) is 41.8 Å². The predicted molar refractivity (Wildman–Crippen MR) is 122 cm³/mol. The Balaban J connectivity index is 1.24. The van der Waals surface area contributed by atoms with Crippen LogP contribution in [0.3, 0.4) is 0 Å². The second-order valence-corrected chi connectivity index (χ2v) is 8.69. The summed E-state index contributed by atoms with van der Waals surface area (Å²) >= 11 is 7.53. The van der Waals surface area contributed by atoms with Crippen molar-refractivity contribution < 1.29 is 14.3 Å². The molecule has 1 aromatic heterocycles. The van der Waals surface area contributed by atoms with Crippen molar-refractivity contribution in [2.75, 3.05) is 18.4 Å². The zero-order chi connectivity index (χ0) is 21.6. The molecule has 4 rings (SSSR count). The summed E-state index contributed by atoms with van der Waals surface area (Å²) in [5, 5.41) is 3.80. The van der Waals surface area contributed by atoms with Crippen LogP contribution >= 0.6 is 22.9 Å². The van der Waals surface area contributed by atoms with Crippen LogP contribution in [0.1, 0.15) is 19.3 Å². The summed E-state index contributed by atoms with van der Waals surface area (Å²) in [5.74, 6) is 0.119. The fraction of sp³-hybridized carbons (Fsp3) is 0.261. The van der Waals surface area contributed by atoms with Crippen LogP contribution < -0.4 is 10.1 Å². The Morgan fingerprint density at radius 1 is 1.10 bits per heavy atom. The number of thiazole rings is 1. The van der Waals surface area contributed by atoms with E-state index in [2.05, 4.69) is 10.3 Å². The van der Waals surface area contributed by atoms with Crippen LogP contribution in [-0.4, -0.2) is 40.9 Å². The van der Waals surface area contributed by atoms with Gasteiger partial charge in [-0.05, 0) is 17.7 Å². The van der Waals surface area contributed by atoms with Crippen LogP contribution in [0.2, 0.25) is 5.02 Å². The Kier molecular flexibility index (Phi) is 6.84. The van der Waals surface area contributed by atoms with E-state index in [1.54, 1.807) is 17.2 Å². The number of nitrogens with zero attached hydrogens (tertiary/aromatic N) is 2. The molecule has 1 saturated heterocycles. The molecular formula is C23H22ClN3O3S. The number of amides is 2. The lowest BCUT2D eigenvalue weighted by molar-refractivity contribution is -0.136. The average Bonchev–Trinajstić information content (AvgIpc) is 3.25. The summed E-state index contributed by atoms with van der Waals surface area (Å²) in [4.78, 5) is 31.8. The molecule has 1 aliphatic heterocycles. The van der Waals surface area contributed by atoms with Crippen molar-refractivity contribution in [3.05, 3.63) is 65.8 Å². The third kappa shape index (κ3) is 5.62. The number of anilines is 1. The van der Waals surface area contributed by atoms with E-state index in [-0.39, 0.29) is 24.3 Å². The largest absolute Gasteiger partial charge is 0.489 e. The summed E-state index contributed by atoms with van der Waals surface area (Å²) in [6.45, 7) is 1.10. The highest BCUT2D eigenvalue weighted by Gasteiger charge is 2.25. The van der Waals surface area contributed by atoms with E-state index in [0.717, 1.165) is 10.4 Å². The van der Waals surface area contributed by atoms with Crippen molar-refractivity contribution in [2.24, 2.45) is 0 Å². The van der Waals surface area contributed by atoms with E-state index in [9.17, 15) is 9.59 Å². The van der Waals surface area contributed by atoms with Crippen molar-refractivity contribution in [3.8, 4) is 16.2 Å². The molecule has 3 aromatic rings. The van der Waals surface area contributed by atoms with Crippen molar-refractivity contribution in [3.63, 3.8) is 0 Å². The minimum absolute atomic E-state index is 0.00417. The Labute approximate surface area is 189 Å². The Bertz CT molecular complexity index is 1050. The summed E-state index contributed by atoms with van der Waals surface area (Å²) in [6.07, 6.45) is 2.93. The average molecular weight is 456 g/mol. The van der Waals surface area contributed by atoms with E-state index in [4.69, 9.17) is 16.3 Å². The van der Waals surface area contributed by atoms with Gasteiger partial charge >= 0.3 is 0 Å². The van der Waals surface area contributed by atoms with Gasteiger partial charge in [0.05, 0.1) is 9.90 Å². The number of benzene rings is 2. The van der Waals surface area contributed by atoms with Gasteiger partial charge in [-0.15, -0.1) is 0 Å². The molecule has 160 valence electrons. The second kappa shape index (κ2) is 9.94. The van der Waals surface area contributed by atoms with Gasteiger partial charge in [-0.3, -0.25) is 9.59 Å². The number of likely N-dealkylation sites (tertiary alicyclic amines) is 1. The Hall–Kier alpha value is -2.90. The maximum Gasteiger partial charge on any atom is 0.235 e. The van der Waals surface area contributed by atoms with Gasteiger partial charge in [0.15, 0.2) is 5.13 Å². The minimum Gasteiger partial charge on any atom is -0.489 e. The molecule has 0 aliphatic carbocycles. The van der Waals surface area contributed by atoms with Crippen LogP contribution in [-0.2, 0) is 9.59 Å². The normalized spacial score (nSPS) is 14.3. The van der Waals surface area contributed by atoms with Crippen LogP contribution in [0.15, 0.2) is 60.8 Å². The monoisotopic (exact) mass is 455 g/mol. The number of para-hydroxylation sites is 1. The number of rotatable bonds is 6. The first-order valence-electron chi connectivity index (χ1n) is 10.1. The maximum atomic E-state index is 12.5. The number of hydrogen-bond donors (Lipinski definition) is 1. The lowest BCUT2D eigenvalue weighted by Crippen LogP contribution is -2.42. The lowest BCUT2D eigenvalue weighted by atomic mass is 10.1. The molecule has 0 spiro atoms. The van der Waals surface area contributed by atoms with Crippen LogP contribution in [0.4, 0.5) is 5.13 Å². The first-order valence-corrected chi connectivity index (χ1v) is 11.3. The molecule has 0 saturated carbocycles. The topological polar surface area (TPSA) is 71.5 Å². The number of nitrogens with one attached hydrogen (secondary N) is 1. The highest BCUT2D eigenvalue weighted by atomic mass is 35.5. The predicted octanol–water partition coefficient (Wildman–Crippen LogP) is 4.86. The molecule has 2 amide bonds. The number of carbonyl (C=O) groups is 2. The Morgan fingerprint density at radius 3 is 2.55 bits per heavy atom. The van der Waals surface area contributed by atoms with Crippen LogP contribution in [0.5, 0.6) is 5.75 Å². The third-order valence-electron chi connectivity index (χ3n) is 5.05. The van der Waals surface area contributed by atoms with Gasteiger partial charge in [0.25, 0.3) is 0 Å². The molecule has 0 radical (unpaired) electrons. The van der Waals surface area contributed by atoms with Gasteiger partial charge in [-0.1, -0.05) is 65.4 Å². The zero-order valence-electron chi connectivity index (χ0n) is 16.8. The number of halogens is 1. The molecule has 0 bridgehead atoms. The number of aromatic nitrogens is 1. The summed E-state index contributed by atoms with van der Waals surface area (Å²) in [7, 11) is 0. The fourth-order valence-electron chi connectivity index (χ4n) is 3.42. The van der Waals surface area contributed by atoms with Gasteiger partial charge < -0.3 is 15.0 Å². The van der Waals surface area contributed by atoms with E-state index in [1.165, 1.54) is 11.3 Å². The molecule has 31 heavy (non-hydrogen) atoms. The van der Waals surface area contributed by atoms with Gasteiger partial charge in [-0.25, -0.2) is 4.98 Å². The van der Waals surface area contributed by atoms with Gasteiger partial charge in [0.1, 0.15) is 18.3 Å². The SMILES string of the molecule is O=C(CC(=O)N1CCC(Oc2ccccc2Cl)CC1)Nc1ncc(-c2ccccc2)s1. The molecule has 8 heteroatoms. The molecule has 0 unspecified atom stereocenters. The van der Waals surface area contributed by atoms with Crippen molar-refractivity contribution in [1.82, 2.24) is 9.88 Å². The van der Waals surface area contributed by atoms with Crippen molar-refractivity contribution in [2.45, 2.75) is 25.4 Å². The molecule has 2 aromatic carbocycles. The quantitative estimate of drug-likeness (QED) is 0.538. The number of piperidine rings is 1. The molecule has 0 atom stereocenters. The molecule has 1 N–H and O–H groups in total. The van der Waals surface area contributed by atoms with Crippen molar-refractivity contribution in [1.29, 1.82) is 0 Å². The first kappa shape index (κ1) is 21.3. The summed E-state index contributed by atoms with van der Waals surface area (Å²) in [5.41, 5.74) is 1.04. The van der Waals surface area contributed by atoms with Crippen LogP contribution in [0, 0.1) is 0 Å². The van der Waals surface area contributed by atoms with E-state index < -0.39 is 0 Å².